The van der Waals surface area contributed by atoms with E-state index in [0.717, 1.165) is 36.3 Å². The van der Waals surface area contributed by atoms with Gasteiger partial charge in [0.1, 0.15) is 0 Å². The zero-order valence-electron chi connectivity index (χ0n) is 20.9. The summed E-state index contributed by atoms with van der Waals surface area (Å²) in [5, 5.41) is 2.94. The van der Waals surface area contributed by atoms with Gasteiger partial charge < -0.3 is 29.4 Å². The lowest BCUT2D eigenvalue weighted by molar-refractivity contribution is -0.180. The van der Waals surface area contributed by atoms with E-state index in [9.17, 15) is 9.59 Å². The van der Waals surface area contributed by atoms with Crippen LogP contribution in [0.4, 0.5) is 0 Å². The second kappa shape index (κ2) is 13.5. The van der Waals surface area contributed by atoms with Crippen molar-refractivity contribution in [3.05, 3.63) is 0 Å². The van der Waals surface area contributed by atoms with Crippen molar-refractivity contribution in [3.63, 3.8) is 0 Å². The van der Waals surface area contributed by atoms with Gasteiger partial charge >= 0.3 is 0 Å². The number of thiol groups is 1. The number of amides is 2. The maximum Gasteiger partial charge on any atom is 0.261 e. The Hall–Kier alpha value is -0.436. The average Bonchev–Trinajstić information content (AvgIpc) is 2.81. The average molecular weight is 508 g/mol. The second-order valence-corrected chi connectivity index (χ2v) is 18.4. The van der Waals surface area contributed by atoms with Crippen molar-refractivity contribution >= 4 is 41.3 Å². The van der Waals surface area contributed by atoms with Gasteiger partial charge in [-0.2, -0.15) is 0 Å². The third kappa shape index (κ3) is 6.80. The van der Waals surface area contributed by atoms with Gasteiger partial charge in [0.15, 0.2) is 22.7 Å². The number of nitrogens with two attached hydrogens (primary N) is 1. The minimum atomic E-state index is -2.13. The number of carbonyl (C=O) groups excluding carboxylic acids is 2. The second-order valence-electron chi connectivity index (χ2n) is 8.69. The standard InChI is InChI=1S/C21H45N3O5SSi2/c1-8-31(9-2,10-3)28-18-16(14-22)27-20(21(26)24-30)17(23-15(7)25)19(18)29-32(11-4,12-5)13-6/h16-20,30H,8-14,22H2,1-7H3,(H,23,25)(H,24,26)/t16?,17?,18?,19?,20-/m1/s1. The first-order valence-electron chi connectivity index (χ1n) is 12.1. The van der Waals surface area contributed by atoms with E-state index in [1.54, 1.807) is 0 Å². The van der Waals surface area contributed by atoms with Crippen molar-refractivity contribution in [2.24, 2.45) is 5.73 Å². The fourth-order valence-corrected chi connectivity index (χ4v) is 10.5. The van der Waals surface area contributed by atoms with E-state index in [-0.39, 0.29) is 12.5 Å². The minimum absolute atomic E-state index is 0.189. The molecule has 0 saturated carbocycles. The Balaban J connectivity index is 3.61. The first-order chi connectivity index (χ1) is 15.1. The van der Waals surface area contributed by atoms with Gasteiger partial charge in [-0.05, 0) is 36.3 Å². The molecule has 0 bridgehead atoms. The quantitative estimate of drug-likeness (QED) is 0.225. The Kier molecular flexibility index (Phi) is 12.4. The predicted molar refractivity (Wildman–Crippen MR) is 137 cm³/mol. The smallest absolute Gasteiger partial charge is 0.261 e. The highest BCUT2D eigenvalue weighted by Gasteiger charge is 2.53. The minimum Gasteiger partial charge on any atom is -0.409 e. The summed E-state index contributed by atoms with van der Waals surface area (Å²) in [7, 11) is -4.19. The molecule has 4 N–H and O–H groups in total. The number of hydrogen-bond donors (Lipinski definition) is 4. The van der Waals surface area contributed by atoms with Crippen LogP contribution in [0, 0.1) is 0 Å². The number of carbonyl (C=O) groups is 2. The lowest BCUT2D eigenvalue weighted by Crippen LogP contribution is -2.71. The lowest BCUT2D eigenvalue weighted by Gasteiger charge is -2.51. The number of ether oxygens (including phenoxy) is 1. The van der Waals surface area contributed by atoms with Crippen LogP contribution in [0.15, 0.2) is 0 Å². The number of nitrogens with one attached hydrogen (secondary N) is 2. The van der Waals surface area contributed by atoms with Crippen LogP contribution in [-0.4, -0.2) is 65.5 Å². The third-order valence-electron chi connectivity index (χ3n) is 7.30. The van der Waals surface area contributed by atoms with E-state index in [2.05, 4.69) is 64.4 Å². The van der Waals surface area contributed by atoms with Gasteiger partial charge in [-0.25, -0.2) is 0 Å². The summed E-state index contributed by atoms with van der Waals surface area (Å²) < 4.78 is 22.4. The molecule has 11 heteroatoms. The fourth-order valence-electron chi connectivity index (χ4n) is 4.67. The number of rotatable bonds is 13. The largest absolute Gasteiger partial charge is 0.409 e. The summed E-state index contributed by atoms with van der Waals surface area (Å²) in [6.07, 6.45) is -2.47. The van der Waals surface area contributed by atoms with Crippen LogP contribution >= 0.6 is 12.8 Å². The van der Waals surface area contributed by atoms with Crippen molar-refractivity contribution in [2.75, 3.05) is 6.54 Å². The summed E-state index contributed by atoms with van der Waals surface area (Å²) >= 11 is 3.94. The summed E-state index contributed by atoms with van der Waals surface area (Å²) in [5.41, 5.74) is 6.14. The van der Waals surface area contributed by atoms with Crippen LogP contribution in [0.25, 0.3) is 0 Å². The van der Waals surface area contributed by atoms with Gasteiger partial charge in [0.25, 0.3) is 5.91 Å². The normalized spacial score (nSPS) is 26.6. The van der Waals surface area contributed by atoms with Crippen LogP contribution in [0.5, 0.6) is 0 Å². The van der Waals surface area contributed by atoms with Gasteiger partial charge in [0.2, 0.25) is 5.91 Å². The summed E-state index contributed by atoms with van der Waals surface area (Å²) in [5.74, 6) is -0.685. The Morgan fingerprint density at radius 2 is 1.34 bits per heavy atom. The van der Waals surface area contributed by atoms with E-state index in [4.69, 9.17) is 19.3 Å². The lowest BCUT2D eigenvalue weighted by atomic mass is 9.92. The molecular formula is C21H45N3O5SSi2. The van der Waals surface area contributed by atoms with Crippen LogP contribution in [0.3, 0.4) is 0 Å². The highest BCUT2D eigenvalue weighted by Crippen LogP contribution is 2.35. The molecule has 4 unspecified atom stereocenters. The molecule has 2 amide bonds. The SMILES string of the molecule is CC[Si](CC)(CC)OC1C(CN)O[C@@H](C(=O)NS)C(NC(C)=O)C1O[Si](CC)(CC)CC. The van der Waals surface area contributed by atoms with Crippen molar-refractivity contribution in [1.82, 2.24) is 10.0 Å². The molecule has 8 nitrogen and oxygen atoms in total. The van der Waals surface area contributed by atoms with Gasteiger partial charge in [0.05, 0.1) is 24.4 Å². The fraction of sp³-hybridized carbons (Fsp3) is 0.905. The molecule has 0 aromatic rings. The van der Waals surface area contributed by atoms with Crippen LogP contribution in [0.2, 0.25) is 36.3 Å². The molecule has 0 aromatic carbocycles. The molecule has 0 aliphatic carbocycles. The monoisotopic (exact) mass is 507 g/mol. The molecule has 0 spiro atoms. The molecule has 188 valence electrons. The molecule has 1 heterocycles. The van der Waals surface area contributed by atoms with Gasteiger partial charge in [-0.1, -0.05) is 54.4 Å². The molecule has 1 aliphatic rings. The predicted octanol–water partition coefficient (Wildman–Crippen LogP) is 2.96. The highest BCUT2D eigenvalue weighted by molar-refractivity contribution is 7.78. The Bertz CT molecular complexity index is 591. The van der Waals surface area contributed by atoms with Crippen LogP contribution < -0.4 is 15.8 Å². The number of hydrogen-bond acceptors (Lipinski definition) is 7. The molecule has 1 saturated heterocycles. The van der Waals surface area contributed by atoms with Crippen molar-refractivity contribution in [3.8, 4) is 0 Å². The van der Waals surface area contributed by atoms with Crippen LogP contribution in [-0.2, 0) is 23.2 Å². The maximum atomic E-state index is 12.7. The van der Waals surface area contributed by atoms with E-state index < -0.39 is 53.0 Å². The topological polar surface area (TPSA) is 112 Å². The summed E-state index contributed by atoms with van der Waals surface area (Å²) in [6.45, 7) is 14.6. The van der Waals surface area contributed by atoms with E-state index in [1.165, 1.54) is 6.92 Å². The van der Waals surface area contributed by atoms with Crippen molar-refractivity contribution < 1.29 is 23.2 Å². The van der Waals surface area contributed by atoms with E-state index in [1.807, 2.05) is 0 Å². The van der Waals surface area contributed by atoms with Crippen molar-refractivity contribution in [2.45, 2.75) is 115 Å². The molecule has 1 aliphatic heterocycles. The summed E-state index contributed by atoms with van der Waals surface area (Å²) in [4.78, 5) is 24.9. The zero-order chi connectivity index (χ0) is 24.5. The van der Waals surface area contributed by atoms with Gasteiger partial charge in [-0.3, -0.25) is 9.59 Å². The Labute approximate surface area is 201 Å². The molecule has 0 aromatic heterocycles. The van der Waals surface area contributed by atoms with Crippen LogP contribution in [0.1, 0.15) is 48.5 Å². The maximum absolute atomic E-state index is 12.7. The Morgan fingerprint density at radius 3 is 1.69 bits per heavy atom. The third-order valence-corrected chi connectivity index (χ3v) is 16.8. The zero-order valence-corrected chi connectivity index (χ0v) is 23.8. The molecular weight excluding hydrogens is 462 g/mol. The highest BCUT2D eigenvalue weighted by atomic mass is 32.1. The first-order valence-corrected chi connectivity index (χ1v) is 17.6. The molecule has 1 rings (SSSR count). The Morgan fingerprint density at radius 1 is 0.906 bits per heavy atom. The summed E-state index contributed by atoms with van der Waals surface area (Å²) in [6, 6.07) is 5.00. The molecule has 0 radical (unpaired) electrons. The van der Waals surface area contributed by atoms with E-state index in [0.29, 0.717) is 0 Å². The van der Waals surface area contributed by atoms with Gasteiger partial charge in [-0.15, -0.1) is 0 Å². The van der Waals surface area contributed by atoms with Gasteiger partial charge in [0, 0.05) is 13.5 Å². The first kappa shape index (κ1) is 29.6. The van der Waals surface area contributed by atoms with Crippen molar-refractivity contribution in [1.29, 1.82) is 0 Å². The molecule has 32 heavy (non-hydrogen) atoms. The molecule has 5 atom stereocenters. The molecule has 1 fully saturated rings. The van der Waals surface area contributed by atoms with E-state index >= 15 is 0 Å².